The minimum absolute atomic E-state index is 0.382. The van der Waals surface area contributed by atoms with Crippen molar-refractivity contribution >= 4 is 16.0 Å². The Morgan fingerprint density at radius 2 is 1.95 bits per heavy atom. The molecule has 2 aliphatic carbocycles. The molecule has 110 valence electrons. The number of ether oxygens (including phenoxy) is 1. The third kappa shape index (κ3) is 2.94. The van der Waals surface area contributed by atoms with Gasteiger partial charge in [0.15, 0.2) is 0 Å². The van der Waals surface area contributed by atoms with E-state index in [1.54, 1.807) is 20.8 Å². The van der Waals surface area contributed by atoms with Crippen molar-refractivity contribution in [3.63, 3.8) is 0 Å². The molecule has 2 unspecified atom stereocenters. The van der Waals surface area contributed by atoms with E-state index in [2.05, 4.69) is 4.72 Å². The second-order valence-electron chi connectivity index (χ2n) is 6.71. The zero-order chi connectivity index (χ0) is 14.5. The minimum Gasteiger partial charge on any atom is -0.460 e. The summed E-state index contributed by atoms with van der Waals surface area (Å²) in [6.45, 7) is 5.38. The van der Waals surface area contributed by atoms with Crippen molar-refractivity contribution in [1.29, 1.82) is 0 Å². The van der Waals surface area contributed by atoms with Crippen molar-refractivity contribution in [2.75, 3.05) is 7.05 Å². The Balaban J connectivity index is 2.13. The average molecular weight is 289 g/mol. The third-order valence-electron chi connectivity index (χ3n) is 3.85. The number of hydrogen-bond acceptors (Lipinski definition) is 4. The fraction of sp³-hybridized carbons (Fsp3) is 0.923. The van der Waals surface area contributed by atoms with E-state index < -0.39 is 26.3 Å². The number of esters is 1. The van der Waals surface area contributed by atoms with Crippen LogP contribution in [0.5, 0.6) is 0 Å². The molecule has 2 saturated carbocycles. The predicted molar refractivity (Wildman–Crippen MR) is 72.0 cm³/mol. The smallest absolute Gasteiger partial charge is 0.311 e. The van der Waals surface area contributed by atoms with E-state index in [0.717, 1.165) is 12.8 Å². The molecular weight excluding hydrogens is 266 g/mol. The third-order valence-corrected chi connectivity index (χ3v) is 6.08. The van der Waals surface area contributed by atoms with Gasteiger partial charge in [-0.15, -0.1) is 0 Å². The first-order valence-corrected chi connectivity index (χ1v) is 8.25. The molecule has 0 saturated heterocycles. The summed E-state index contributed by atoms with van der Waals surface area (Å²) in [5.41, 5.74) is -0.575. The van der Waals surface area contributed by atoms with Crippen molar-refractivity contribution in [1.82, 2.24) is 4.72 Å². The molecule has 2 fully saturated rings. The molecule has 2 atom stereocenters. The van der Waals surface area contributed by atoms with Gasteiger partial charge in [0.1, 0.15) is 10.3 Å². The Hall–Kier alpha value is -0.620. The van der Waals surface area contributed by atoms with E-state index in [4.69, 9.17) is 4.74 Å². The first kappa shape index (κ1) is 14.8. The quantitative estimate of drug-likeness (QED) is 0.777. The molecule has 0 amide bonds. The van der Waals surface area contributed by atoms with Gasteiger partial charge in [0, 0.05) is 0 Å². The highest BCUT2D eigenvalue weighted by atomic mass is 32.2. The lowest BCUT2D eigenvalue weighted by Crippen LogP contribution is -2.38. The molecule has 0 spiro atoms. The van der Waals surface area contributed by atoms with Crippen molar-refractivity contribution in [3.8, 4) is 0 Å². The normalized spacial score (nSPS) is 31.1. The van der Waals surface area contributed by atoms with E-state index in [9.17, 15) is 13.2 Å². The molecular formula is C13H23NO4S. The molecule has 0 aliphatic heterocycles. The molecule has 0 aromatic heterocycles. The molecule has 2 aliphatic rings. The SMILES string of the molecule is CNS(=O)(=O)C1(CC2CC2)CC1C(=O)OC(C)(C)C. The van der Waals surface area contributed by atoms with Crippen molar-refractivity contribution in [3.05, 3.63) is 0 Å². The lowest BCUT2D eigenvalue weighted by Gasteiger charge is -2.22. The van der Waals surface area contributed by atoms with Crippen molar-refractivity contribution < 1.29 is 17.9 Å². The lowest BCUT2D eigenvalue weighted by atomic mass is 10.1. The molecule has 0 aromatic rings. The highest BCUT2D eigenvalue weighted by Gasteiger charge is 2.68. The van der Waals surface area contributed by atoms with Crippen LogP contribution >= 0.6 is 0 Å². The first-order valence-electron chi connectivity index (χ1n) is 6.77. The lowest BCUT2D eigenvalue weighted by molar-refractivity contribution is -0.156. The summed E-state index contributed by atoms with van der Waals surface area (Å²) in [6.07, 6.45) is 3.12. The van der Waals surface area contributed by atoms with Crippen LogP contribution in [0.25, 0.3) is 0 Å². The molecule has 1 N–H and O–H groups in total. The first-order chi connectivity index (χ1) is 8.61. The largest absolute Gasteiger partial charge is 0.460 e. The molecule has 6 heteroatoms. The Morgan fingerprint density at radius 1 is 1.37 bits per heavy atom. The topological polar surface area (TPSA) is 72.5 Å². The van der Waals surface area contributed by atoms with E-state index in [1.165, 1.54) is 7.05 Å². The van der Waals surface area contributed by atoms with Crippen LogP contribution in [0, 0.1) is 11.8 Å². The molecule has 0 radical (unpaired) electrons. The fourth-order valence-corrected chi connectivity index (χ4v) is 4.32. The summed E-state index contributed by atoms with van der Waals surface area (Å²) < 4.78 is 31.2. The standard InChI is InChI=1S/C13H23NO4S/c1-12(2,3)18-11(15)10-8-13(10,7-9-5-6-9)19(16,17)14-4/h9-10,14H,5-8H2,1-4H3. The number of sulfonamides is 1. The Bertz CT molecular complexity index is 475. The van der Waals surface area contributed by atoms with Crippen LogP contribution in [0.2, 0.25) is 0 Å². The molecule has 5 nitrogen and oxygen atoms in total. The summed E-state index contributed by atoms with van der Waals surface area (Å²) in [4.78, 5) is 12.1. The monoisotopic (exact) mass is 289 g/mol. The number of carbonyl (C=O) groups excluding carboxylic acids is 1. The van der Waals surface area contributed by atoms with Gasteiger partial charge in [0.25, 0.3) is 0 Å². The van der Waals surface area contributed by atoms with Crippen LogP contribution < -0.4 is 4.72 Å². The Kier molecular flexibility index (Phi) is 3.46. The van der Waals surface area contributed by atoms with Gasteiger partial charge < -0.3 is 4.74 Å². The highest BCUT2D eigenvalue weighted by molar-refractivity contribution is 7.91. The molecule has 19 heavy (non-hydrogen) atoms. The van der Waals surface area contributed by atoms with Gasteiger partial charge >= 0.3 is 5.97 Å². The van der Waals surface area contributed by atoms with Gasteiger partial charge in [0.2, 0.25) is 10.0 Å². The van der Waals surface area contributed by atoms with E-state index >= 15 is 0 Å². The molecule has 0 aromatic carbocycles. The summed E-state index contributed by atoms with van der Waals surface area (Å²) >= 11 is 0. The summed E-state index contributed by atoms with van der Waals surface area (Å²) in [5, 5.41) is 0. The van der Waals surface area contributed by atoms with Gasteiger partial charge in [-0.1, -0.05) is 12.8 Å². The minimum atomic E-state index is -3.44. The van der Waals surface area contributed by atoms with Crippen LogP contribution in [-0.2, 0) is 19.6 Å². The summed E-state index contributed by atoms with van der Waals surface area (Å²) in [5.74, 6) is -0.438. The van der Waals surface area contributed by atoms with Gasteiger partial charge in [-0.3, -0.25) is 4.79 Å². The molecule has 0 heterocycles. The van der Waals surface area contributed by atoms with Gasteiger partial charge in [-0.2, -0.15) is 0 Å². The van der Waals surface area contributed by atoms with Crippen molar-refractivity contribution in [2.24, 2.45) is 11.8 Å². The zero-order valence-corrected chi connectivity index (χ0v) is 12.8. The van der Waals surface area contributed by atoms with Crippen LogP contribution in [0.3, 0.4) is 0 Å². The Morgan fingerprint density at radius 3 is 2.37 bits per heavy atom. The van der Waals surface area contributed by atoms with Crippen LogP contribution in [0.1, 0.15) is 46.5 Å². The Labute approximate surface area is 115 Å². The molecule has 2 rings (SSSR count). The summed E-state index contributed by atoms with van der Waals surface area (Å²) in [7, 11) is -2.03. The maximum absolute atomic E-state index is 12.2. The van der Waals surface area contributed by atoms with E-state index in [-0.39, 0.29) is 5.97 Å². The van der Waals surface area contributed by atoms with Gasteiger partial charge in [-0.25, -0.2) is 13.1 Å². The second-order valence-corrected chi connectivity index (χ2v) is 8.94. The van der Waals surface area contributed by atoms with E-state index in [0.29, 0.717) is 18.8 Å². The van der Waals surface area contributed by atoms with Gasteiger partial charge in [0.05, 0.1) is 5.92 Å². The number of carbonyl (C=O) groups is 1. The van der Waals surface area contributed by atoms with Crippen molar-refractivity contribution in [2.45, 2.75) is 56.8 Å². The average Bonchev–Trinajstić information content (AvgIpc) is 3.12. The van der Waals surface area contributed by atoms with Crippen LogP contribution in [0.4, 0.5) is 0 Å². The maximum Gasteiger partial charge on any atom is 0.311 e. The summed E-state index contributed by atoms with van der Waals surface area (Å²) in [6, 6.07) is 0. The van der Waals surface area contributed by atoms with Gasteiger partial charge in [-0.05, 0) is 46.6 Å². The number of rotatable bonds is 5. The van der Waals surface area contributed by atoms with E-state index in [1.807, 2.05) is 0 Å². The zero-order valence-electron chi connectivity index (χ0n) is 12.0. The second kappa shape index (κ2) is 4.45. The van der Waals surface area contributed by atoms with Crippen LogP contribution in [-0.4, -0.2) is 31.8 Å². The molecule has 0 bridgehead atoms. The number of nitrogens with one attached hydrogen (secondary N) is 1. The maximum atomic E-state index is 12.2. The van der Waals surface area contributed by atoms with Crippen LogP contribution in [0.15, 0.2) is 0 Å². The predicted octanol–water partition coefficient (Wildman–Crippen LogP) is 1.44. The fourth-order valence-electron chi connectivity index (χ4n) is 2.60. The highest BCUT2D eigenvalue weighted by Crippen LogP contribution is 2.57. The number of hydrogen-bond donors (Lipinski definition) is 1.